The van der Waals surface area contributed by atoms with Crippen molar-refractivity contribution in [3.8, 4) is 0 Å². The Labute approximate surface area is 121 Å². The van der Waals surface area contributed by atoms with Crippen molar-refractivity contribution in [3.05, 3.63) is 20.8 Å². The first-order valence-electron chi connectivity index (χ1n) is 4.97. The number of hydrogen-bond acceptors (Lipinski definition) is 3. The monoisotopic (exact) mass is 360 g/mol. The Balaban J connectivity index is 2.62. The van der Waals surface area contributed by atoms with Crippen LogP contribution in [0.2, 0.25) is 0 Å². The Bertz CT molecular complexity index is 420. The van der Waals surface area contributed by atoms with E-state index in [1.807, 2.05) is 11.4 Å². The molecule has 0 fully saturated rings. The van der Waals surface area contributed by atoms with Crippen LogP contribution in [0.4, 0.5) is 13.2 Å². The van der Waals surface area contributed by atoms with Gasteiger partial charge in [-0.25, -0.2) is 0 Å². The molecule has 2 nitrogen and oxygen atoms in total. The summed E-state index contributed by atoms with van der Waals surface area (Å²) in [5.41, 5.74) is 6.10. The lowest BCUT2D eigenvalue weighted by molar-refractivity contribution is -0.158. The maximum atomic E-state index is 12.7. The van der Waals surface area contributed by atoms with Gasteiger partial charge in [0.15, 0.2) is 0 Å². The molecular formula is C10H12BrF3N2S2. The van der Waals surface area contributed by atoms with Crippen LogP contribution < -0.4 is 5.73 Å². The summed E-state index contributed by atoms with van der Waals surface area (Å²) in [6, 6.07) is 1.88. The molecule has 0 aliphatic carbocycles. The molecule has 0 aliphatic heterocycles. The Morgan fingerprint density at radius 3 is 2.61 bits per heavy atom. The molecule has 0 aromatic carbocycles. The first-order chi connectivity index (χ1) is 8.20. The molecule has 0 spiro atoms. The molecule has 0 saturated heterocycles. The van der Waals surface area contributed by atoms with Gasteiger partial charge < -0.3 is 10.6 Å². The fraction of sp³-hybridized carbons (Fsp3) is 0.500. The van der Waals surface area contributed by atoms with E-state index >= 15 is 0 Å². The van der Waals surface area contributed by atoms with E-state index in [0.29, 0.717) is 6.54 Å². The van der Waals surface area contributed by atoms with E-state index in [1.165, 1.54) is 11.3 Å². The Hall–Kier alpha value is -0.180. The number of alkyl halides is 3. The summed E-state index contributed by atoms with van der Waals surface area (Å²) in [6.07, 6.45) is -4.39. The van der Waals surface area contributed by atoms with Crippen LogP contribution in [-0.2, 0) is 6.54 Å². The molecule has 1 aromatic heterocycles. The predicted molar refractivity (Wildman–Crippen MR) is 74.7 cm³/mol. The van der Waals surface area contributed by atoms with Gasteiger partial charge in [0.25, 0.3) is 0 Å². The van der Waals surface area contributed by atoms with Gasteiger partial charge in [0.2, 0.25) is 0 Å². The number of halogens is 4. The third-order valence-corrected chi connectivity index (χ3v) is 4.14. The second-order valence-corrected chi connectivity index (χ2v) is 6.71. The molecule has 1 aromatic rings. The van der Waals surface area contributed by atoms with Crippen molar-refractivity contribution in [2.75, 3.05) is 13.6 Å². The van der Waals surface area contributed by atoms with Crippen LogP contribution in [0.3, 0.4) is 0 Å². The van der Waals surface area contributed by atoms with Gasteiger partial charge in [-0.05, 0) is 40.0 Å². The van der Waals surface area contributed by atoms with Crippen molar-refractivity contribution < 1.29 is 13.2 Å². The number of nitrogens with two attached hydrogens (primary N) is 1. The van der Waals surface area contributed by atoms with Crippen LogP contribution >= 0.6 is 39.5 Å². The standard InChI is InChI=1S/C10H12BrF3N2S2/c1-16(3-6-2-8(11)18-5-6)4-7(9(15)17)10(12,13)14/h2,5,7H,3-4H2,1H3,(H2,15,17). The summed E-state index contributed by atoms with van der Waals surface area (Å²) in [6.45, 7) is 0.198. The lowest BCUT2D eigenvalue weighted by Gasteiger charge is -2.24. The maximum Gasteiger partial charge on any atom is 0.399 e. The predicted octanol–water partition coefficient (Wildman–Crippen LogP) is 3.41. The largest absolute Gasteiger partial charge is 0.399 e. The highest BCUT2D eigenvalue weighted by atomic mass is 79.9. The highest BCUT2D eigenvalue weighted by molar-refractivity contribution is 9.11. The van der Waals surface area contributed by atoms with Gasteiger partial charge in [-0.1, -0.05) is 12.2 Å². The van der Waals surface area contributed by atoms with Gasteiger partial charge >= 0.3 is 6.18 Å². The minimum absolute atomic E-state index is 0.230. The molecule has 0 amide bonds. The SMILES string of the molecule is CN(Cc1csc(Br)c1)CC(C(N)=S)C(F)(F)F. The fourth-order valence-corrected chi connectivity index (χ4v) is 2.88. The van der Waals surface area contributed by atoms with Crippen LogP contribution in [-0.4, -0.2) is 29.7 Å². The summed E-state index contributed by atoms with van der Waals surface area (Å²) in [4.78, 5) is 1.05. The molecule has 1 unspecified atom stereocenters. The van der Waals surface area contributed by atoms with Crippen molar-refractivity contribution >= 4 is 44.5 Å². The van der Waals surface area contributed by atoms with Gasteiger partial charge in [-0.3, -0.25) is 0 Å². The van der Waals surface area contributed by atoms with Crippen LogP contribution in [0.1, 0.15) is 5.56 Å². The molecule has 102 valence electrons. The van der Waals surface area contributed by atoms with Crippen molar-refractivity contribution in [2.45, 2.75) is 12.7 Å². The first kappa shape index (κ1) is 15.9. The zero-order chi connectivity index (χ0) is 13.9. The van der Waals surface area contributed by atoms with Crippen LogP contribution in [0.5, 0.6) is 0 Å². The first-order valence-corrected chi connectivity index (χ1v) is 7.05. The average Bonchev–Trinajstić information content (AvgIpc) is 2.58. The third-order valence-electron chi connectivity index (χ3n) is 2.31. The molecule has 0 aliphatic rings. The molecule has 0 saturated carbocycles. The van der Waals surface area contributed by atoms with E-state index < -0.39 is 17.1 Å². The van der Waals surface area contributed by atoms with Gasteiger partial charge in [0.05, 0.1) is 8.77 Å². The lowest BCUT2D eigenvalue weighted by atomic mass is 10.1. The minimum Gasteiger partial charge on any atom is -0.393 e. The number of nitrogens with zero attached hydrogens (tertiary/aromatic N) is 1. The number of thiocarbonyl (C=S) groups is 1. The summed E-state index contributed by atoms with van der Waals surface area (Å²) in [7, 11) is 1.61. The highest BCUT2D eigenvalue weighted by Crippen LogP contribution is 2.28. The molecule has 1 atom stereocenters. The Morgan fingerprint density at radius 2 is 2.22 bits per heavy atom. The normalized spacial score (nSPS) is 13.9. The maximum absolute atomic E-state index is 12.7. The summed E-state index contributed by atoms with van der Waals surface area (Å²) in [5.74, 6) is -1.76. The second-order valence-electron chi connectivity index (χ2n) is 3.95. The Kier molecular flexibility index (Phi) is 5.57. The summed E-state index contributed by atoms with van der Waals surface area (Å²) in [5, 5.41) is 1.89. The number of thiophene rings is 1. The topological polar surface area (TPSA) is 29.3 Å². The highest BCUT2D eigenvalue weighted by Gasteiger charge is 2.42. The smallest absolute Gasteiger partial charge is 0.393 e. The van der Waals surface area contributed by atoms with E-state index in [0.717, 1.165) is 9.35 Å². The van der Waals surface area contributed by atoms with Crippen LogP contribution in [0, 0.1) is 5.92 Å². The molecule has 2 N–H and O–H groups in total. The zero-order valence-corrected chi connectivity index (χ0v) is 12.7. The van der Waals surface area contributed by atoms with Crippen molar-refractivity contribution in [3.63, 3.8) is 0 Å². The molecule has 18 heavy (non-hydrogen) atoms. The second kappa shape index (κ2) is 6.31. The van der Waals surface area contributed by atoms with Crippen molar-refractivity contribution in [1.82, 2.24) is 4.90 Å². The van der Waals surface area contributed by atoms with Crippen LogP contribution in [0.15, 0.2) is 15.2 Å². The van der Waals surface area contributed by atoms with Crippen molar-refractivity contribution in [2.24, 2.45) is 11.7 Å². The molecule has 1 rings (SSSR count). The number of rotatable bonds is 5. The van der Waals surface area contributed by atoms with Gasteiger partial charge in [0.1, 0.15) is 5.92 Å². The summed E-state index contributed by atoms with van der Waals surface area (Å²) < 4.78 is 39.0. The van der Waals surface area contributed by atoms with E-state index in [-0.39, 0.29) is 6.54 Å². The quantitative estimate of drug-likeness (QED) is 0.815. The van der Waals surface area contributed by atoms with Gasteiger partial charge in [-0.15, -0.1) is 11.3 Å². The van der Waals surface area contributed by atoms with Gasteiger partial charge in [0, 0.05) is 13.1 Å². The van der Waals surface area contributed by atoms with E-state index in [4.69, 9.17) is 5.73 Å². The van der Waals surface area contributed by atoms with Gasteiger partial charge in [-0.2, -0.15) is 13.2 Å². The molecule has 1 heterocycles. The van der Waals surface area contributed by atoms with Crippen LogP contribution in [0.25, 0.3) is 0 Å². The van der Waals surface area contributed by atoms with E-state index in [2.05, 4.69) is 28.1 Å². The minimum atomic E-state index is -4.39. The molecular weight excluding hydrogens is 349 g/mol. The van der Waals surface area contributed by atoms with Crippen molar-refractivity contribution in [1.29, 1.82) is 0 Å². The molecule has 8 heteroatoms. The lowest BCUT2D eigenvalue weighted by Crippen LogP contribution is -2.42. The average molecular weight is 361 g/mol. The number of hydrogen-bond donors (Lipinski definition) is 1. The fourth-order valence-electron chi connectivity index (χ4n) is 1.47. The molecule has 0 radical (unpaired) electrons. The third kappa shape index (κ3) is 4.83. The molecule has 0 bridgehead atoms. The summed E-state index contributed by atoms with van der Waals surface area (Å²) >= 11 is 9.28. The Morgan fingerprint density at radius 1 is 1.61 bits per heavy atom. The van der Waals surface area contributed by atoms with E-state index in [1.54, 1.807) is 11.9 Å². The zero-order valence-electron chi connectivity index (χ0n) is 9.50. The van der Waals surface area contributed by atoms with E-state index in [9.17, 15) is 13.2 Å².